The lowest BCUT2D eigenvalue weighted by Gasteiger charge is -2.14. The first-order chi connectivity index (χ1) is 11.7. The Bertz CT molecular complexity index is 666. The Morgan fingerprint density at radius 3 is 2.50 bits per heavy atom. The highest BCUT2D eigenvalue weighted by atomic mass is 16.5. The van der Waals surface area contributed by atoms with Gasteiger partial charge < -0.3 is 15.4 Å². The van der Waals surface area contributed by atoms with E-state index in [0.29, 0.717) is 24.7 Å². The molecule has 0 fully saturated rings. The molecule has 2 rings (SSSR count). The molecule has 1 heterocycles. The Kier molecular flexibility index (Phi) is 6.69. The molecular weight excluding hydrogens is 304 g/mol. The topological polar surface area (TPSA) is 76.1 Å². The fourth-order valence-electron chi connectivity index (χ4n) is 2.44. The van der Waals surface area contributed by atoms with Crippen LogP contribution in [0.1, 0.15) is 35.5 Å². The van der Waals surface area contributed by atoms with Crippen molar-refractivity contribution in [2.75, 3.05) is 30.9 Å². The maximum absolute atomic E-state index is 12.6. The summed E-state index contributed by atoms with van der Waals surface area (Å²) in [5.74, 6) is 0.370. The van der Waals surface area contributed by atoms with E-state index in [1.54, 1.807) is 13.2 Å². The fourth-order valence-corrected chi connectivity index (χ4v) is 2.44. The highest BCUT2D eigenvalue weighted by molar-refractivity contribution is 6.04. The zero-order chi connectivity index (χ0) is 17.4. The second-order valence-corrected chi connectivity index (χ2v) is 5.32. The van der Waals surface area contributed by atoms with Crippen molar-refractivity contribution in [2.45, 2.75) is 26.7 Å². The summed E-state index contributed by atoms with van der Waals surface area (Å²) in [6.45, 7) is 5.34. The van der Waals surface area contributed by atoms with E-state index in [-0.39, 0.29) is 5.91 Å². The highest BCUT2D eigenvalue weighted by Gasteiger charge is 2.13. The van der Waals surface area contributed by atoms with Crippen LogP contribution in [0.5, 0.6) is 0 Å². The van der Waals surface area contributed by atoms with Crippen molar-refractivity contribution in [3.8, 4) is 0 Å². The number of hydrogen-bond acceptors (Lipinski definition) is 5. The lowest BCUT2D eigenvalue weighted by Crippen LogP contribution is -2.17. The number of aromatic nitrogens is 2. The number of anilines is 2. The van der Waals surface area contributed by atoms with E-state index in [1.165, 1.54) is 6.33 Å². The summed E-state index contributed by atoms with van der Waals surface area (Å²) in [5, 5.41) is 6.10. The number of aryl methyl sites for hydroxylation is 2. The SMILES string of the molecule is CCc1cccc(CC)c1NC(=O)c1cc(NCCOC)ncn1. The van der Waals surface area contributed by atoms with Crippen molar-refractivity contribution in [1.82, 2.24) is 9.97 Å². The monoisotopic (exact) mass is 328 g/mol. The van der Waals surface area contributed by atoms with Gasteiger partial charge in [0.05, 0.1) is 6.61 Å². The molecule has 1 aromatic carbocycles. The second kappa shape index (κ2) is 8.98. The third kappa shape index (κ3) is 4.52. The zero-order valence-corrected chi connectivity index (χ0v) is 14.4. The van der Waals surface area contributed by atoms with Crippen LogP contribution >= 0.6 is 0 Å². The Morgan fingerprint density at radius 2 is 1.88 bits per heavy atom. The van der Waals surface area contributed by atoms with Gasteiger partial charge in [0.15, 0.2) is 0 Å². The van der Waals surface area contributed by atoms with Gasteiger partial charge >= 0.3 is 0 Å². The number of benzene rings is 1. The van der Waals surface area contributed by atoms with E-state index in [1.807, 2.05) is 18.2 Å². The van der Waals surface area contributed by atoms with Crippen molar-refractivity contribution in [2.24, 2.45) is 0 Å². The van der Waals surface area contributed by atoms with Crippen molar-refractivity contribution in [3.05, 3.63) is 47.4 Å². The second-order valence-electron chi connectivity index (χ2n) is 5.32. The lowest BCUT2D eigenvalue weighted by molar-refractivity contribution is 0.102. The van der Waals surface area contributed by atoms with Gasteiger partial charge in [0.2, 0.25) is 0 Å². The molecule has 0 aliphatic rings. The van der Waals surface area contributed by atoms with Crippen molar-refractivity contribution in [1.29, 1.82) is 0 Å². The Hall–Kier alpha value is -2.47. The van der Waals surface area contributed by atoms with Crippen LogP contribution in [0.2, 0.25) is 0 Å². The van der Waals surface area contributed by atoms with Gasteiger partial charge in [0.25, 0.3) is 5.91 Å². The third-order valence-electron chi connectivity index (χ3n) is 3.75. The number of carbonyl (C=O) groups is 1. The first-order valence-electron chi connectivity index (χ1n) is 8.16. The maximum Gasteiger partial charge on any atom is 0.274 e. The quantitative estimate of drug-likeness (QED) is 0.729. The Balaban J connectivity index is 2.17. The molecule has 1 amide bonds. The predicted molar refractivity (Wildman–Crippen MR) is 95.5 cm³/mol. The summed E-state index contributed by atoms with van der Waals surface area (Å²) >= 11 is 0. The molecular formula is C18H24N4O2. The van der Waals surface area contributed by atoms with Gasteiger partial charge in [-0.25, -0.2) is 9.97 Å². The molecule has 6 nitrogen and oxygen atoms in total. The number of hydrogen-bond donors (Lipinski definition) is 2. The number of carbonyl (C=O) groups excluding carboxylic acids is 1. The standard InChI is InChI=1S/C18H24N4O2/c1-4-13-7-6-8-14(5-2)17(13)22-18(23)15-11-16(21-12-20-15)19-9-10-24-3/h6-8,11-12H,4-5,9-10H2,1-3H3,(H,22,23)(H,19,20,21). The maximum atomic E-state index is 12.6. The molecule has 128 valence electrons. The molecule has 0 aliphatic heterocycles. The average molecular weight is 328 g/mol. The van der Waals surface area contributed by atoms with Gasteiger partial charge in [-0.3, -0.25) is 4.79 Å². The Morgan fingerprint density at radius 1 is 1.17 bits per heavy atom. The van der Waals surface area contributed by atoms with Crippen LogP contribution in [0.3, 0.4) is 0 Å². The number of amides is 1. The van der Waals surface area contributed by atoms with Crippen molar-refractivity contribution >= 4 is 17.4 Å². The van der Waals surface area contributed by atoms with E-state index in [0.717, 1.165) is 29.7 Å². The first-order valence-corrected chi connectivity index (χ1v) is 8.16. The van der Waals surface area contributed by atoms with E-state index < -0.39 is 0 Å². The number of para-hydroxylation sites is 1. The molecule has 0 bridgehead atoms. The summed E-state index contributed by atoms with van der Waals surface area (Å²) in [6.07, 6.45) is 3.10. The van der Waals surface area contributed by atoms with Gasteiger partial charge in [-0.1, -0.05) is 32.0 Å². The molecule has 2 N–H and O–H groups in total. The number of methoxy groups -OCH3 is 1. The normalized spacial score (nSPS) is 10.5. The molecule has 0 saturated heterocycles. The van der Waals surface area contributed by atoms with Crippen LogP contribution in [0.15, 0.2) is 30.6 Å². The molecule has 24 heavy (non-hydrogen) atoms. The molecule has 0 radical (unpaired) electrons. The van der Waals surface area contributed by atoms with Crippen LogP contribution in [-0.2, 0) is 17.6 Å². The van der Waals surface area contributed by atoms with E-state index >= 15 is 0 Å². The fraction of sp³-hybridized carbons (Fsp3) is 0.389. The van der Waals surface area contributed by atoms with Crippen LogP contribution < -0.4 is 10.6 Å². The smallest absolute Gasteiger partial charge is 0.274 e. The summed E-state index contributed by atoms with van der Waals surface area (Å²) in [7, 11) is 1.64. The minimum atomic E-state index is -0.234. The molecule has 0 spiro atoms. The molecule has 2 aromatic rings. The van der Waals surface area contributed by atoms with Crippen LogP contribution in [0.4, 0.5) is 11.5 Å². The summed E-state index contributed by atoms with van der Waals surface area (Å²) < 4.78 is 4.99. The van der Waals surface area contributed by atoms with Crippen LogP contribution in [0.25, 0.3) is 0 Å². The van der Waals surface area contributed by atoms with Crippen molar-refractivity contribution < 1.29 is 9.53 Å². The van der Waals surface area contributed by atoms with E-state index in [9.17, 15) is 4.79 Å². The largest absolute Gasteiger partial charge is 0.383 e. The molecule has 0 atom stereocenters. The highest BCUT2D eigenvalue weighted by Crippen LogP contribution is 2.23. The average Bonchev–Trinajstić information content (AvgIpc) is 2.62. The molecule has 1 aromatic heterocycles. The van der Waals surface area contributed by atoms with Gasteiger partial charge in [0, 0.05) is 25.4 Å². The summed E-state index contributed by atoms with van der Waals surface area (Å²) in [5.41, 5.74) is 3.46. The molecule has 6 heteroatoms. The minimum Gasteiger partial charge on any atom is -0.383 e. The molecule has 0 unspecified atom stereocenters. The van der Waals surface area contributed by atoms with Gasteiger partial charge in [0.1, 0.15) is 17.8 Å². The minimum absolute atomic E-state index is 0.234. The zero-order valence-electron chi connectivity index (χ0n) is 14.4. The van der Waals surface area contributed by atoms with E-state index in [2.05, 4.69) is 34.4 Å². The summed E-state index contributed by atoms with van der Waals surface area (Å²) in [6, 6.07) is 7.74. The van der Waals surface area contributed by atoms with Gasteiger partial charge in [-0.2, -0.15) is 0 Å². The first kappa shape index (κ1) is 17.9. The predicted octanol–water partition coefficient (Wildman–Crippen LogP) is 2.91. The number of ether oxygens (including phenoxy) is 1. The van der Waals surface area contributed by atoms with Crippen LogP contribution in [-0.4, -0.2) is 36.1 Å². The van der Waals surface area contributed by atoms with Gasteiger partial charge in [-0.15, -0.1) is 0 Å². The number of rotatable bonds is 8. The van der Waals surface area contributed by atoms with E-state index in [4.69, 9.17) is 4.74 Å². The molecule has 0 aliphatic carbocycles. The number of nitrogens with one attached hydrogen (secondary N) is 2. The van der Waals surface area contributed by atoms with Gasteiger partial charge in [-0.05, 0) is 24.0 Å². The lowest BCUT2D eigenvalue weighted by atomic mass is 10.0. The summed E-state index contributed by atoms with van der Waals surface area (Å²) in [4.78, 5) is 20.8. The Labute approximate surface area is 142 Å². The number of nitrogens with zero attached hydrogens (tertiary/aromatic N) is 2. The third-order valence-corrected chi connectivity index (χ3v) is 3.75. The molecule has 0 saturated carbocycles. The van der Waals surface area contributed by atoms with Crippen LogP contribution in [0, 0.1) is 0 Å². The van der Waals surface area contributed by atoms with Crippen molar-refractivity contribution in [3.63, 3.8) is 0 Å².